The second-order valence-electron chi connectivity index (χ2n) is 4.73. The van der Waals surface area contributed by atoms with Gasteiger partial charge in [0.15, 0.2) is 0 Å². The maximum Gasteiger partial charge on any atom is 0.244 e. The van der Waals surface area contributed by atoms with Crippen molar-refractivity contribution >= 4 is 10.0 Å². The molecule has 1 atom stereocenters. The van der Waals surface area contributed by atoms with E-state index >= 15 is 0 Å². The van der Waals surface area contributed by atoms with Crippen molar-refractivity contribution in [3.05, 3.63) is 47.3 Å². The lowest BCUT2D eigenvalue weighted by Crippen LogP contribution is -2.28. The van der Waals surface area contributed by atoms with Crippen LogP contribution in [0.15, 0.2) is 29.3 Å². The maximum atomic E-state index is 13.8. The van der Waals surface area contributed by atoms with Crippen LogP contribution in [-0.4, -0.2) is 18.4 Å². The van der Waals surface area contributed by atoms with Crippen LogP contribution in [0, 0.1) is 19.7 Å². The number of benzene rings is 1. The molecule has 0 aliphatic carbocycles. The Morgan fingerprint density at radius 2 is 2.05 bits per heavy atom. The van der Waals surface area contributed by atoms with E-state index in [-0.39, 0.29) is 4.90 Å². The molecule has 0 saturated carbocycles. The molecule has 0 bridgehead atoms. The Morgan fingerprint density at radius 3 is 2.60 bits per heavy atom. The predicted octanol–water partition coefficient (Wildman–Crippen LogP) is 2.21. The van der Waals surface area contributed by atoms with Crippen LogP contribution in [0.2, 0.25) is 0 Å². The summed E-state index contributed by atoms with van der Waals surface area (Å²) in [5.74, 6) is -0.279. The molecule has 0 fully saturated rings. The smallest absolute Gasteiger partial charge is 0.244 e. The zero-order valence-electron chi connectivity index (χ0n) is 11.4. The molecule has 5 nitrogen and oxygen atoms in total. The summed E-state index contributed by atoms with van der Waals surface area (Å²) in [6, 6.07) is 3.43. The zero-order chi connectivity index (χ0) is 14.9. The van der Waals surface area contributed by atoms with Crippen molar-refractivity contribution in [1.82, 2.24) is 14.7 Å². The van der Waals surface area contributed by atoms with Crippen LogP contribution >= 0.6 is 0 Å². The monoisotopic (exact) mass is 297 g/mol. The summed E-state index contributed by atoms with van der Waals surface area (Å²) in [5.41, 5.74) is 1.49. The molecule has 1 aromatic carbocycles. The number of rotatable bonds is 4. The van der Waals surface area contributed by atoms with E-state index in [0.717, 1.165) is 5.69 Å². The van der Waals surface area contributed by atoms with Crippen molar-refractivity contribution in [2.24, 2.45) is 0 Å². The number of halogens is 1. The van der Waals surface area contributed by atoms with Gasteiger partial charge < -0.3 is 4.98 Å². The van der Waals surface area contributed by atoms with Crippen molar-refractivity contribution in [2.45, 2.75) is 31.7 Å². The Kier molecular flexibility index (Phi) is 3.92. The lowest BCUT2D eigenvalue weighted by Gasteiger charge is -2.13. The van der Waals surface area contributed by atoms with Gasteiger partial charge in [-0.1, -0.05) is 6.07 Å². The number of aromatic amines is 1. The number of nitrogens with zero attached hydrogens (tertiary/aromatic N) is 1. The summed E-state index contributed by atoms with van der Waals surface area (Å²) in [6.07, 6.45) is 1.60. The Labute approximate surface area is 117 Å². The molecule has 20 heavy (non-hydrogen) atoms. The molecule has 0 aliphatic rings. The summed E-state index contributed by atoms with van der Waals surface area (Å²) < 4.78 is 40.5. The first-order chi connectivity index (χ1) is 9.29. The molecule has 1 aromatic heterocycles. The van der Waals surface area contributed by atoms with Gasteiger partial charge in [0.1, 0.15) is 16.5 Å². The van der Waals surface area contributed by atoms with Gasteiger partial charge >= 0.3 is 0 Å². The predicted molar refractivity (Wildman–Crippen MR) is 73.2 cm³/mol. The van der Waals surface area contributed by atoms with Crippen LogP contribution < -0.4 is 4.72 Å². The van der Waals surface area contributed by atoms with E-state index in [4.69, 9.17) is 0 Å². The van der Waals surface area contributed by atoms with Gasteiger partial charge in [-0.05, 0) is 38.5 Å². The Balaban J connectivity index is 2.27. The highest BCUT2D eigenvalue weighted by molar-refractivity contribution is 7.89. The Hall–Kier alpha value is -1.73. The number of hydrogen-bond acceptors (Lipinski definition) is 3. The second kappa shape index (κ2) is 5.34. The number of nitrogens with one attached hydrogen (secondary N) is 2. The van der Waals surface area contributed by atoms with Crippen molar-refractivity contribution in [3.63, 3.8) is 0 Å². The molecule has 0 radical (unpaired) electrons. The first-order valence-electron chi connectivity index (χ1n) is 6.09. The maximum absolute atomic E-state index is 13.8. The molecule has 2 N–H and O–H groups in total. The van der Waals surface area contributed by atoms with Gasteiger partial charge in [0.2, 0.25) is 10.0 Å². The summed E-state index contributed by atoms with van der Waals surface area (Å²) in [6.45, 7) is 5.15. The van der Waals surface area contributed by atoms with Crippen LogP contribution in [0.3, 0.4) is 0 Å². The lowest BCUT2D eigenvalue weighted by atomic mass is 10.2. The van der Waals surface area contributed by atoms with Gasteiger partial charge in [-0.15, -0.1) is 0 Å². The highest BCUT2D eigenvalue weighted by atomic mass is 32.2. The summed E-state index contributed by atoms with van der Waals surface area (Å²) in [4.78, 5) is 6.63. The van der Waals surface area contributed by atoms with Crippen LogP contribution in [0.1, 0.15) is 30.0 Å². The van der Waals surface area contributed by atoms with E-state index in [0.29, 0.717) is 11.4 Å². The van der Waals surface area contributed by atoms with Gasteiger partial charge in [0, 0.05) is 11.9 Å². The molecular weight excluding hydrogens is 281 g/mol. The third-order valence-electron chi connectivity index (χ3n) is 2.84. The van der Waals surface area contributed by atoms with Crippen LogP contribution in [0.5, 0.6) is 0 Å². The van der Waals surface area contributed by atoms with Crippen molar-refractivity contribution in [3.8, 4) is 0 Å². The second-order valence-corrected chi connectivity index (χ2v) is 6.41. The lowest BCUT2D eigenvalue weighted by molar-refractivity contribution is 0.542. The number of aromatic nitrogens is 2. The van der Waals surface area contributed by atoms with Gasteiger partial charge in [0.05, 0.1) is 6.04 Å². The van der Waals surface area contributed by atoms with Gasteiger partial charge in [-0.25, -0.2) is 22.5 Å². The van der Waals surface area contributed by atoms with E-state index in [1.54, 1.807) is 26.1 Å². The molecule has 2 rings (SSSR count). The molecule has 1 unspecified atom stereocenters. The average Bonchev–Trinajstić information content (AvgIpc) is 2.74. The first-order valence-corrected chi connectivity index (χ1v) is 7.58. The minimum absolute atomic E-state index is 0.363. The Morgan fingerprint density at radius 1 is 1.35 bits per heavy atom. The van der Waals surface area contributed by atoms with Crippen molar-refractivity contribution in [1.29, 1.82) is 0 Å². The van der Waals surface area contributed by atoms with E-state index in [1.165, 1.54) is 12.1 Å². The molecule has 108 valence electrons. The molecule has 0 saturated heterocycles. The summed E-state index contributed by atoms with van der Waals surface area (Å²) >= 11 is 0. The van der Waals surface area contributed by atoms with E-state index in [2.05, 4.69) is 14.7 Å². The number of H-pyrrole nitrogens is 1. The van der Waals surface area contributed by atoms with Gasteiger partial charge in [-0.2, -0.15) is 0 Å². The molecule has 7 heteroatoms. The first kappa shape index (κ1) is 14.7. The molecule has 0 spiro atoms. The molecular formula is C13H16FN3O2S. The summed E-state index contributed by atoms with van der Waals surface area (Å²) in [5, 5.41) is 0. The normalized spacial score (nSPS) is 13.4. The fourth-order valence-electron chi connectivity index (χ4n) is 1.83. The fourth-order valence-corrected chi connectivity index (χ4v) is 3.10. The molecule has 0 amide bonds. The SMILES string of the molecule is Cc1ccc(S(=O)(=O)NC(C)c2ncc(C)[nH]2)c(F)c1. The van der Waals surface area contributed by atoms with Crippen molar-refractivity contribution in [2.75, 3.05) is 0 Å². The van der Waals surface area contributed by atoms with Gasteiger partial charge in [-0.3, -0.25) is 0 Å². The topological polar surface area (TPSA) is 74.8 Å². The van der Waals surface area contributed by atoms with Crippen LogP contribution in [0.4, 0.5) is 4.39 Å². The number of hydrogen-bond donors (Lipinski definition) is 2. The molecule has 1 heterocycles. The van der Waals surface area contributed by atoms with Crippen LogP contribution in [-0.2, 0) is 10.0 Å². The van der Waals surface area contributed by atoms with Crippen molar-refractivity contribution < 1.29 is 12.8 Å². The number of imidazole rings is 1. The minimum atomic E-state index is -3.93. The van der Waals surface area contributed by atoms with E-state index < -0.39 is 21.9 Å². The number of sulfonamides is 1. The highest BCUT2D eigenvalue weighted by Crippen LogP contribution is 2.18. The third-order valence-corrected chi connectivity index (χ3v) is 4.42. The third kappa shape index (κ3) is 3.05. The highest BCUT2D eigenvalue weighted by Gasteiger charge is 2.23. The summed E-state index contributed by atoms with van der Waals surface area (Å²) in [7, 11) is -3.93. The van der Waals surface area contributed by atoms with E-state index in [9.17, 15) is 12.8 Å². The standard InChI is InChI=1S/C13H16FN3O2S/c1-8-4-5-12(11(14)6-8)20(18,19)17-10(3)13-15-7-9(2)16-13/h4-7,10,17H,1-3H3,(H,15,16). The molecule has 0 aliphatic heterocycles. The zero-order valence-corrected chi connectivity index (χ0v) is 12.3. The minimum Gasteiger partial charge on any atom is -0.345 e. The number of aryl methyl sites for hydroxylation is 2. The fraction of sp³-hybridized carbons (Fsp3) is 0.308. The quantitative estimate of drug-likeness (QED) is 0.908. The Bertz CT molecular complexity index is 725. The van der Waals surface area contributed by atoms with E-state index in [1.807, 2.05) is 6.92 Å². The van der Waals surface area contributed by atoms with Gasteiger partial charge in [0.25, 0.3) is 0 Å². The average molecular weight is 297 g/mol. The van der Waals surface area contributed by atoms with Crippen LogP contribution in [0.25, 0.3) is 0 Å². The molecule has 2 aromatic rings. The largest absolute Gasteiger partial charge is 0.345 e.